The summed E-state index contributed by atoms with van der Waals surface area (Å²) in [5.41, 5.74) is 8.66. The number of nitrogens with two attached hydrogens (primary N) is 1. The van der Waals surface area contributed by atoms with Crippen LogP contribution in [0, 0.1) is 12.7 Å². The number of fused-ring (bicyclic) bond motifs is 1. The third-order valence-electron chi connectivity index (χ3n) is 4.13. The summed E-state index contributed by atoms with van der Waals surface area (Å²) in [7, 11) is 0. The summed E-state index contributed by atoms with van der Waals surface area (Å²) in [6.07, 6.45) is 5.17. The maximum absolute atomic E-state index is 14.3. The largest absolute Gasteiger partial charge is 0.359 e. The molecule has 3 N–H and O–H groups in total. The van der Waals surface area contributed by atoms with E-state index < -0.39 is 5.54 Å². The van der Waals surface area contributed by atoms with Crippen molar-refractivity contribution in [1.82, 2.24) is 4.98 Å². The van der Waals surface area contributed by atoms with Crippen LogP contribution < -0.4 is 5.73 Å². The molecule has 1 aromatic carbocycles. The van der Waals surface area contributed by atoms with Crippen LogP contribution >= 0.6 is 0 Å². The van der Waals surface area contributed by atoms with Crippen LogP contribution in [0.3, 0.4) is 0 Å². The van der Waals surface area contributed by atoms with Gasteiger partial charge in [-0.1, -0.05) is 19.3 Å². The van der Waals surface area contributed by atoms with Crippen molar-refractivity contribution in [2.75, 3.05) is 0 Å². The van der Waals surface area contributed by atoms with Gasteiger partial charge in [-0.3, -0.25) is 0 Å². The topological polar surface area (TPSA) is 41.8 Å². The van der Waals surface area contributed by atoms with Crippen LogP contribution in [0.15, 0.2) is 18.2 Å². The number of hydrogen-bond acceptors (Lipinski definition) is 1. The van der Waals surface area contributed by atoms with Crippen LogP contribution in [0.5, 0.6) is 0 Å². The minimum absolute atomic E-state index is 0.161. The van der Waals surface area contributed by atoms with Crippen molar-refractivity contribution < 1.29 is 4.39 Å². The van der Waals surface area contributed by atoms with E-state index in [9.17, 15) is 4.39 Å². The highest BCUT2D eigenvalue weighted by Crippen LogP contribution is 2.37. The molecule has 0 unspecified atom stereocenters. The molecule has 0 aliphatic heterocycles. The highest BCUT2D eigenvalue weighted by Gasteiger charge is 2.32. The molecule has 1 heterocycles. The molecule has 0 spiro atoms. The Morgan fingerprint density at radius 1 is 1.17 bits per heavy atom. The normalized spacial score (nSPS) is 19.3. The number of halogens is 1. The Kier molecular flexibility index (Phi) is 2.67. The van der Waals surface area contributed by atoms with Gasteiger partial charge in [0, 0.05) is 27.7 Å². The molecular weight excluding hydrogens is 227 g/mol. The van der Waals surface area contributed by atoms with Crippen molar-refractivity contribution in [3.05, 3.63) is 35.3 Å². The second-order valence-corrected chi connectivity index (χ2v) is 5.59. The predicted molar refractivity (Wildman–Crippen MR) is 71.9 cm³/mol. The lowest BCUT2D eigenvalue weighted by Gasteiger charge is -2.34. The summed E-state index contributed by atoms with van der Waals surface area (Å²) in [4.78, 5) is 3.26. The molecule has 1 fully saturated rings. The van der Waals surface area contributed by atoms with Gasteiger partial charge in [0.15, 0.2) is 0 Å². The van der Waals surface area contributed by atoms with E-state index in [1.165, 1.54) is 6.42 Å². The highest BCUT2D eigenvalue weighted by molar-refractivity contribution is 5.81. The summed E-state index contributed by atoms with van der Waals surface area (Å²) in [6, 6.07) is 5.48. The second kappa shape index (κ2) is 4.09. The molecule has 96 valence electrons. The van der Waals surface area contributed by atoms with E-state index in [-0.39, 0.29) is 5.82 Å². The zero-order chi connectivity index (χ0) is 12.8. The Labute approximate surface area is 106 Å². The van der Waals surface area contributed by atoms with Gasteiger partial charge in [0.1, 0.15) is 5.82 Å². The van der Waals surface area contributed by atoms with Crippen molar-refractivity contribution >= 4 is 10.9 Å². The van der Waals surface area contributed by atoms with Gasteiger partial charge < -0.3 is 10.7 Å². The first kappa shape index (κ1) is 11.7. The van der Waals surface area contributed by atoms with Crippen molar-refractivity contribution in [2.45, 2.75) is 44.6 Å². The average Bonchev–Trinajstić information content (AvgIpc) is 2.68. The fourth-order valence-electron chi connectivity index (χ4n) is 3.13. The van der Waals surface area contributed by atoms with Gasteiger partial charge in [-0.2, -0.15) is 0 Å². The van der Waals surface area contributed by atoms with Crippen molar-refractivity contribution in [3.8, 4) is 0 Å². The molecule has 3 heteroatoms. The molecule has 18 heavy (non-hydrogen) atoms. The Balaban J connectivity index is 2.12. The monoisotopic (exact) mass is 246 g/mol. The molecule has 3 rings (SSSR count). The van der Waals surface area contributed by atoms with Gasteiger partial charge >= 0.3 is 0 Å². The fraction of sp³-hybridized carbons (Fsp3) is 0.467. The Hall–Kier alpha value is -1.35. The van der Waals surface area contributed by atoms with Gasteiger partial charge in [-0.15, -0.1) is 0 Å². The molecule has 1 aromatic heterocycles. The fourth-order valence-corrected chi connectivity index (χ4v) is 3.13. The van der Waals surface area contributed by atoms with E-state index in [4.69, 9.17) is 5.73 Å². The van der Waals surface area contributed by atoms with Gasteiger partial charge in [0.2, 0.25) is 0 Å². The van der Waals surface area contributed by atoms with E-state index in [1.807, 2.05) is 19.1 Å². The first-order valence-electron chi connectivity index (χ1n) is 6.67. The minimum Gasteiger partial charge on any atom is -0.359 e. The van der Waals surface area contributed by atoms with E-state index >= 15 is 0 Å². The molecule has 1 saturated carbocycles. The number of hydrogen-bond donors (Lipinski definition) is 2. The molecule has 1 aliphatic rings. The summed E-state index contributed by atoms with van der Waals surface area (Å²) in [6.45, 7) is 1.98. The van der Waals surface area contributed by atoms with E-state index in [2.05, 4.69) is 4.98 Å². The zero-order valence-corrected chi connectivity index (χ0v) is 10.7. The lowest BCUT2D eigenvalue weighted by atomic mass is 9.77. The smallest absolute Gasteiger partial charge is 0.129 e. The summed E-state index contributed by atoms with van der Waals surface area (Å²) in [5, 5.41) is 0.924. The number of H-pyrrole nitrogens is 1. The van der Waals surface area contributed by atoms with Gasteiger partial charge in [-0.05, 0) is 38.0 Å². The molecule has 1 aliphatic carbocycles. The molecule has 0 atom stereocenters. The summed E-state index contributed by atoms with van der Waals surface area (Å²) in [5.74, 6) is -0.161. The number of aromatic amines is 1. The van der Waals surface area contributed by atoms with Crippen LogP contribution in [0.4, 0.5) is 4.39 Å². The molecule has 0 radical (unpaired) electrons. The second-order valence-electron chi connectivity index (χ2n) is 5.59. The molecule has 0 saturated heterocycles. The van der Waals surface area contributed by atoms with E-state index in [1.54, 1.807) is 6.07 Å². The maximum Gasteiger partial charge on any atom is 0.129 e. The number of benzene rings is 1. The standard InChI is InChI=1S/C15H19FN2/c1-10-7-11-8-13(16)12(9-14(11)18-10)15(17)5-3-2-4-6-15/h7-9,18H,2-6,17H2,1H3. The first-order chi connectivity index (χ1) is 8.58. The van der Waals surface area contributed by atoms with Crippen molar-refractivity contribution in [1.29, 1.82) is 0 Å². The molecule has 0 amide bonds. The SMILES string of the molecule is Cc1cc2cc(F)c(C3(N)CCCCC3)cc2[nH]1. The van der Waals surface area contributed by atoms with E-state index in [0.717, 1.165) is 42.3 Å². The average molecular weight is 246 g/mol. The molecule has 2 nitrogen and oxygen atoms in total. The van der Waals surface area contributed by atoms with Crippen LogP contribution in [0.25, 0.3) is 10.9 Å². The van der Waals surface area contributed by atoms with Crippen LogP contribution in [-0.2, 0) is 5.54 Å². The third-order valence-corrected chi connectivity index (χ3v) is 4.13. The number of aromatic nitrogens is 1. The van der Waals surface area contributed by atoms with E-state index in [0.29, 0.717) is 5.56 Å². The van der Waals surface area contributed by atoms with Crippen LogP contribution in [0.2, 0.25) is 0 Å². The lowest BCUT2D eigenvalue weighted by molar-refractivity contribution is 0.293. The Bertz CT molecular complexity index is 579. The number of rotatable bonds is 1. The van der Waals surface area contributed by atoms with Crippen molar-refractivity contribution in [2.24, 2.45) is 5.73 Å². The minimum atomic E-state index is -0.477. The summed E-state index contributed by atoms with van der Waals surface area (Å²) < 4.78 is 14.3. The highest BCUT2D eigenvalue weighted by atomic mass is 19.1. The first-order valence-corrected chi connectivity index (χ1v) is 6.67. The van der Waals surface area contributed by atoms with Crippen LogP contribution in [-0.4, -0.2) is 4.98 Å². The third kappa shape index (κ3) is 1.83. The Morgan fingerprint density at radius 2 is 1.89 bits per heavy atom. The van der Waals surface area contributed by atoms with Gasteiger partial charge in [-0.25, -0.2) is 4.39 Å². The maximum atomic E-state index is 14.3. The number of aryl methyl sites for hydroxylation is 1. The van der Waals surface area contributed by atoms with Gasteiger partial charge in [0.25, 0.3) is 0 Å². The van der Waals surface area contributed by atoms with Crippen molar-refractivity contribution in [3.63, 3.8) is 0 Å². The molecule has 2 aromatic rings. The quantitative estimate of drug-likeness (QED) is 0.791. The molecular formula is C15H19FN2. The van der Waals surface area contributed by atoms with Crippen LogP contribution in [0.1, 0.15) is 43.4 Å². The summed E-state index contributed by atoms with van der Waals surface area (Å²) >= 11 is 0. The number of nitrogens with one attached hydrogen (secondary N) is 1. The Morgan fingerprint density at radius 3 is 2.61 bits per heavy atom. The molecule has 0 bridgehead atoms. The lowest BCUT2D eigenvalue weighted by Crippen LogP contribution is -2.39. The predicted octanol–water partition coefficient (Wildman–Crippen LogP) is 3.73. The zero-order valence-electron chi connectivity index (χ0n) is 10.7. The van der Waals surface area contributed by atoms with Gasteiger partial charge in [0.05, 0.1) is 0 Å².